The van der Waals surface area contributed by atoms with E-state index in [1.54, 1.807) is 6.07 Å². The molecule has 1 N–H and O–H groups in total. The summed E-state index contributed by atoms with van der Waals surface area (Å²) < 4.78 is 1.12. The minimum Gasteiger partial charge on any atom is -0.346 e. The summed E-state index contributed by atoms with van der Waals surface area (Å²) in [6, 6.07) is 13.3. The van der Waals surface area contributed by atoms with Crippen LogP contribution in [-0.4, -0.2) is 10.8 Å². The Kier molecular flexibility index (Phi) is 4.89. The van der Waals surface area contributed by atoms with E-state index in [9.17, 15) is 14.9 Å². The summed E-state index contributed by atoms with van der Waals surface area (Å²) in [5.74, 6) is -0.329. The number of nitrogens with one attached hydrogen (secondary N) is 1. The van der Waals surface area contributed by atoms with Gasteiger partial charge >= 0.3 is 0 Å². The molecule has 0 fully saturated rings. The third-order valence-electron chi connectivity index (χ3n) is 3.04. The number of halogens is 1. The molecule has 108 valence electrons. The Bertz CT molecular complexity index is 671. The molecule has 0 heterocycles. The van der Waals surface area contributed by atoms with Gasteiger partial charge in [-0.1, -0.05) is 18.2 Å². The van der Waals surface area contributed by atoms with Crippen molar-refractivity contribution in [2.75, 3.05) is 0 Å². The number of benzene rings is 2. The van der Waals surface area contributed by atoms with Crippen LogP contribution in [0.4, 0.5) is 5.69 Å². The predicted molar refractivity (Wildman–Crippen MR) is 88.1 cm³/mol. The van der Waals surface area contributed by atoms with Gasteiger partial charge in [0.25, 0.3) is 11.6 Å². The first kappa shape index (κ1) is 15.4. The van der Waals surface area contributed by atoms with Crippen LogP contribution in [0.15, 0.2) is 48.5 Å². The third kappa shape index (κ3) is 4.01. The summed E-state index contributed by atoms with van der Waals surface area (Å²) in [5.41, 5.74) is 1.17. The maximum absolute atomic E-state index is 12.1. The van der Waals surface area contributed by atoms with E-state index in [2.05, 4.69) is 27.9 Å². The number of amides is 1. The topological polar surface area (TPSA) is 72.2 Å². The third-order valence-corrected chi connectivity index (χ3v) is 3.76. The summed E-state index contributed by atoms with van der Waals surface area (Å²) in [4.78, 5) is 22.3. The minimum atomic E-state index is -0.515. The second-order valence-electron chi connectivity index (χ2n) is 4.55. The molecule has 0 bridgehead atoms. The quantitative estimate of drug-likeness (QED) is 0.487. The Labute approximate surface area is 135 Å². The van der Waals surface area contributed by atoms with Gasteiger partial charge in [0.2, 0.25) is 0 Å². The summed E-state index contributed by atoms with van der Waals surface area (Å²) >= 11 is 2.21. The lowest BCUT2D eigenvalue weighted by Crippen LogP contribution is -2.26. The lowest BCUT2D eigenvalue weighted by atomic mass is 10.1. The number of nitrogens with zero attached hydrogens (tertiary/aromatic N) is 1. The van der Waals surface area contributed by atoms with Gasteiger partial charge in [0.05, 0.1) is 11.0 Å². The van der Waals surface area contributed by atoms with E-state index in [0.29, 0.717) is 0 Å². The number of carbonyl (C=O) groups excluding carboxylic acids is 1. The number of hydrogen-bond donors (Lipinski definition) is 1. The fourth-order valence-corrected chi connectivity index (χ4v) is 2.24. The molecule has 0 unspecified atom stereocenters. The fourth-order valence-electron chi connectivity index (χ4n) is 1.88. The highest BCUT2D eigenvalue weighted by molar-refractivity contribution is 14.1. The van der Waals surface area contributed by atoms with Gasteiger partial charge < -0.3 is 5.32 Å². The van der Waals surface area contributed by atoms with Crippen LogP contribution >= 0.6 is 22.6 Å². The molecule has 1 atom stereocenters. The average molecular weight is 396 g/mol. The molecule has 2 aromatic rings. The monoisotopic (exact) mass is 396 g/mol. The van der Waals surface area contributed by atoms with Gasteiger partial charge in [0.1, 0.15) is 0 Å². The Morgan fingerprint density at radius 3 is 2.52 bits per heavy atom. The van der Waals surface area contributed by atoms with Crippen LogP contribution in [0.2, 0.25) is 0 Å². The highest BCUT2D eigenvalue weighted by Gasteiger charge is 2.14. The highest BCUT2D eigenvalue weighted by Crippen LogP contribution is 2.17. The van der Waals surface area contributed by atoms with E-state index in [-0.39, 0.29) is 23.2 Å². The first-order chi connectivity index (χ1) is 9.97. The van der Waals surface area contributed by atoms with Crippen LogP contribution in [0.1, 0.15) is 28.9 Å². The van der Waals surface area contributed by atoms with Gasteiger partial charge in [-0.15, -0.1) is 0 Å². The van der Waals surface area contributed by atoms with Crippen molar-refractivity contribution < 1.29 is 9.72 Å². The molecule has 0 aliphatic heterocycles. The molecule has 2 rings (SSSR count). The van der Waals surface area contributed by atoms with E-state index in [0.717, 1.165) is 9.13 Å². The molecule has 0 saturated carbocycles. The summed E-state index contributed by atoms with van der Waals surface area (Å²) in [7, 11) is 0. The fraction of sp³-hybridized carbons (Fsp3) is 0.133. The molecular formula is C15H13IN2O3. The first-order valence-electron chi connectivity index (χ1n) is 6.28. The van der Waals surface area contributed by atoms with Crippen molar-refractivity contribution >= 4 is 34.2 Å². The lowest BCUT2D eigenvalue weighted by molar-refractivity contribution is -0.384. The normalized spacial score (nSPS) is 11.7. The minimum absolute atomic E-state index is 0.0930. The van der Waals surface area contributed by atoms with Crippen LogP contribution in [0.3, 0.4) is 0 Å². The zero-order chi connectivity index (χ0) is 15.4. The highest BCUT2D eigenvalue weighted by atomic mass is 127. The van der Waals surface area contributed by atoms with Gasteiger partial charge in [0.15, 0.2) is 0 Å². The molecule has 5 nitrogen and oxygen atoms in total. The van der Waals surface area contributed by atoms with E-state index in [1.807, 2.05) is 31.2 Å². The molecule has 0 radical (unpaired) electrons. The molecule has 6 heteroatoms. The van der Waals surface area contributed by atoms with Crippen molar-refractivity contribution in [3.8, 4) is 0 Å². The van der Waals surface area contributed by atoms with Crippen molar-refractivity contribution in [1.82, 2.24) is 5.32 Å². The maximum atomic E-state index is 12.1. The maximum Gasteiger partial charge on any atom is 0.270 e. The van der Waals surface area contributed by atoms with Crippen LogP contribution < -0.4 is 5.32 Å². The average Bonchev–Trinajstić information content (AvgIpc) is 2.48. The van der Waals surface area contributed by atoms with Crippen molar-refractivity contribution in [2.24, 2.45) is 0 Å². The second-order valence-corrected chi connectivity index (χ2v) is 5.80. The SMILES string of the molecule is C[C@@H](NC(=O)c1cccc([N+](=O)[O-])c1)c1ccc(I)cc1. The zero-order valence-corrected chi connectivity index (χ0v) is 13.4. The van der Waals surface area contributed by atoms with Gasteiger partial charge in [-0.3, -0.25) is 14.9 Å². The number of nitro groups is 1. The molecular weight excluding hydrogens is 383 g/mol. The Balaban J connectivity index is 2.12. The summed E-state index contributed by atoms with van der Waals surface area (Å²) in [6.45, 7) is 1.87. The van der Waals surface area contributed by atoms with Crippen LogP contribution in [0.5, 0.6) is 0 Å². The van der Waals surface area contributed by atoms with Gasteiger partial charge in [-0.2, -0.15) is 0 Å². The molecule has 21 heavy (non-hydrogen) atoms. The Morgan fingerprint density at radius 2 is 1.90 bits per heavy atom. The standard InChI is InChI=1S/C15H13IN2O3/c1-10(11-5-7-13(16)8-6-11)17-15(19)12-3-2-4-14(9-12)18(20)21/h2-10H,1H3,(H,17,19)/t10-/m1/s1. The molecule has 0 aliphatic carbocycles. The van der Waals surface area contributed by atoms with E-state index >= 15 is 0 Å². The van der Waals surface area contributed by atoms with Gasteiger partial charge in [-0.05, 0) is 53.3 Å². The molecule has 0 aliphatic rings. The van der Waals surface area contributed by atoms with E-state index < -0.39 is 4.92 Å². The number of rotatable bonds is 4. The van der Waals surface area contributed by atoms with Crippen molar-refractivity contribution in [2.45, 2.75) is 13.0 Å². The summed E-state index contributed by atoms with van der Waals surface area (Å²) in [5, 5.41) is 13.6. The number of carbonyl (C=O) groups is 1. The van der Waals surface area contributed by atoms with Gasteiger partial charge in [0, 0.05) is 21.3 Å². The molecule has 1 amide bonds. The predicted octanol–water partition coefficient (Wildman–Crippen LogP) is 3.69. The second kappa shape index (κ2) is 6.66. The van der Waals surface area contributed by atoms with E-state index in [1.165, 1.54) is 18.2 Å². The number of nitro benzene ring substituents is 1. The van der Waals surface area contributed by atoms with E-state index in [4.69, 9.17) is 0 Å². The molecule has 0 spiro atoms. The molecule has 0 aromatic heterocycles. The van der Waals surface area contributed by atoms with Crippen LogP contribution in [-0.2, 0) is 0 Å². The number of hydrogen-bond acceptors (Lipinski definition) is 3. The number of non-ortho nitro benzene ring substituents is 1. The molecule has 0 saturated heterocycles. The Hall–Kier alpha value is -1.96. The van der Waals surface area contributed by atoms with Gasteiger partial charge in [-0.25, -0.2) is 0 Å². The van der Waals surface area contributed by atoms with Crippen molar-refractivity contribution in [3.63, 3.8) is 0 Å². The largest absolute Gasteiger partial charge is 0.346 e. The lowest BCUT2D eigenvalue weighted by Gasteiger charge is -2.14. The smallest absolute Gasteiger partial charge is 0.270 e. The van der Waals surface area contributed by atoms with Crippen molar-refractivity contribution in [1.29, 1.82) is 0 Å². The molecule has 2 aromatic carbocycles. The van der Waals surface area contributed by atoms with Crippen molar-refractivity contribution in [3.05, 3.63) is 73.3 Å². The Morgan fingerprint density at radius 1 is 1.24 bits per heavy atom. The summed E-state index contributed by atoms with van der Waals surface area (Å²) in [6.07, 6.45) is 0. The van der Waals surface area contributed by atoms with Crippen LogP contribution in [0, 0.1) is 13.7 Å². The first-order valence-corrected chi connectivity index (χ1v) is 7.36. The van der Waals surface area contributed by atoms with Crippen LogP contribution in [0.25, 0.3) is 0 Å². The zero-order valence-electron chi connectivity index (χ0n) is 11.2.